The highest BCUT2D eigenvalue weighted by atomic mass is 16.5. The molecule has 1 heterocycles. The normalized spacial score (nSPS) is 11.9. The Kier molecular flexibility index (Phi) is 5.80. The van der Waals surface area contributed by atoms with Crippen molar-refractivity contribution in [3.05, 3.63) is 41.3 Å². The molecule has 0 aliphatic rings. The minimum absolute atomic E-state index is 0.0264. The Morgan fingerprint density at radius 1 is 1.20 bits per heavy atom. The van der Waals surface area contributed by atoms with Gasteiger partial charge in [-0.25, -0.2) is 4.79 Å². The van der Waals surface area contributed by atoms with Gasteiger partial charge in [-0.05, 0) is 26.0 Å². The number of methoxy groups -OCH3 is 1. The fraction of sp³-hybridized carbons (Fsp3) is 0.389. The average molecular weight is 346 g/mol. The Hall–Kier alpha value is -2.83. The van der Waals surface area contributed by atoms with Gasteiger partial charge in [0.15, 0.2) is 11.9 Å². The van der Waals surface area contributed by atoms with Crippen LogP contribution < -0.4 is 10.1 Å². The molecule has 2 aromatic rings. The van der Waals surface area contributed by atoms with Crippen molar-refractivity contribution in [1.82, 2.24) is 5.16 Å². The number of aromatic nitrogens is 1. The molecule has 134 valence electrons. The Morgan fingerprint density at radius 3 is 2.52 bits per heavy atom. The van der Waals surface area contributed by atoms with Gasteiger partial charge >= 0.3 is 5.97 Å². The summed E-state index contributed by atoms with van der Waals surface area (Å²) in [4.78, 5) is 24.7. The third-order valence-electron chi connectivity index (χ3n) is 3.64. The van der Waals surface area contributed by atoms with Crippen LogP contribution in [0.25, 0.3) is 0 Å². The van der Waals surface area contributed by atoms with Crippen molar-refractivity contribution in [2.45, 2.75) is 39.7 Å². The number of benzene rings is 1. The first kappa shape index (κ1) is 18.5. The summed E-state index contributed by atoms with van der Waals surface area (Å²) in [5.74, 6) is -0.157. The van der Waals surface area contributed by atoms with E-state index in [0.717, 1.165) is 0 Å². The van der Waals surface area contributed by atoms with Crippen molar-refractivity contribution >= 4 is 17.6 Å². The molecule has 1 amide bonds. The number of anilines is 1. The number of hydrogen-bond donors (Lipinski definition) is 1. The zero-order valence-electron chi connectivity index (χ0n) is 15.0. The molecular weight excluding hydrogens is 324 g/mol. The van der Waals surface area contributed by atoms with Crippen molar-refractivity contribution in [3.63, 3.8) is 0 Å². The molecule has 0 fully saturated rings. The van der Waals surface area contributed by atoms with Gasteiger partial charge in [0.1, 0.15) is 11.3 Å². The number of esters is 1. The predicted octanol–water partition coefficient (Wildman–Crippen LogP) is 3.30. The van der Waals surface area contributed by atoms with Gasteiger partial charge in [0.2, 0.25) is 0 Å². The number of nitrogens with one attached hydrogen (secondary N) is 1. The number of amides is 1. The summed E-state index contributed by atoms with van der Waals surface area (Å²) in [7, 11) is 1.51. The van der Waals surface area contributed by atoms with Gasteiger partial charge in [-0.2, -0.15) is 0 Å². The van der Waals surface area contributed by atoms with E-state index >= 15 is 0 Å². The Labute approximate surface area is 146 Å². The number of aryl methyl sites for hydroxylation is 1. The SMILES string of the molecule is COc1ccccc1NC(=O)[C@H](C)OC(=O)c1c(C)noc1C(C)C. The standard InChI is InChI=1S/C18H22N2O5/c1-10(2)16-15(11(3)20-25-16)18(22)24-12(4)17(21)19-13-8-6-7-9-14(13)23-5/h6-10,12H,1-5H3,(H,19,21)/t12-/m0/s1. The predicted molar refractivity (Wildman–Crippen MR) is 91.8 cm³/mol. The molecule has 1 atom stereocenters. The summed E-state index contributed by atoms with van der Waals surface area (Å²) in [5, 5.41) is 6.49. The van der Waals surface area contributed by atoms with E-state index in [-0.39, 0.29) is 11.5 Å². The van der Waals surface area contributed by atoms with Crippen LogP contribution in [0.2, 0.25) is 0 Å². The molecule has 0 aliphatic heterocycles. The van der Waals surface area contributed by atoms with E-state index in [0.29, 0.717) is 22.9 Å². The number of nitrogens with zero attached hydrogens (tertiary/aromatic N) is 1. The molecule has 25 heavy (non-hydrogen) atoms. The second-order valence-electron chi connectivity index (χ2n) is 5.90. The number of para-hydroxylation sites is 2. The van der Waals surface area contributed by atoms with E-state index in [4.69, 9.17) is 14.0 Å². The van der Waals surface area contributed by atoms with Gasteiger partial charge in [-0.1, -0.05) is 31.1 Å². The fourth-order valence-electron chi connectivity index (χ4n) is 2.28. The van der Waals surface area contributed by atoms with E-state index in [9.17, 15) is 9.59 Å². The second-order valence-corrected chi connectivity index (χ2v) is 5.90. The number of carbonyl (C=O) groups excluding carboxylic acids is 2. The van der Waals surface area contributed by atoms with E-state index in [1.807, 2.05) is 13.8 Å². The molecule has 0 unspecified atom stereocenters. The van der Waals surface area contributed by atoms with E-state index in [2.05, 4.69) is 10.5 Å². The third kappa shape index (κ3) is 4.17. The van der Waals surface area contributed by atoms with E-state index < -0.39 is 18.0 Å². The molecule has 0 bridgehead atoms. The van der Waals surface area contributed by atoms with Gasteiger partial charge in [0, 0.05) is 5.92 Å². The molecule has 0 saturated heterocycles. The Morgan fingerprint density at radius 2 is 1.88 bits per heavy atom. The van der Waals surface area contributed by atoms with Crippen molar-refractivity contribution in [2.75, 3.05) is 12.4 Å². The summed E-state index contributed by atoms with van der Waals surface area (Å²) in [5.41, 5.74) is 1.21. The minimum Gasteiger partial charge on any atom is -0.495 e. The van der Waals surface area contributed by atoms with Crippen LogP contribution in [0.3, 0.4) is 0 Å². The minimum atomic E-state index is -0.994. The first-order chi connectivity index (χ1) is 11.8. The van der Waals surface area contributed by atoms with Crippen LogP contribution in [-0.2, 0) is 9.53 Å². The van der Waals surface area contributed by atoms with Crippen molar-refractivity contribution < 1.29 is 23.6 Å². The van der Waals surface area contributed by atoms with Crippen LogP contribution in [0.15, 0.2) is 28.8 Å². The summed E-state index contributed by atoms with van der Waals surface area (Å²) in [6.45, 7) is 6.93. The number of rotatable bonds is 6. The first-order valence-electron chi connectivity index (χ1n) is 7.96. The number of ether oxygens (including phenoxy) is 2. The average Bonchev–Trinajstić information content (AvgIpc) is 2.97. The topological polar surface area (TPSA) is 90.7 Å². The zero-order valence-corrected chi connectivity index (χ0v) is 15.0. The highest BCUT2D eigenvalue weighted by Gasteiger charge is 2.27. The second kappa shape index (κ2) is 7.83. The monoisotopic (exact) mass is 346 g/mol. The van der Waals surface area contributed by atoms with Crippen molar-refractivity contribution in [3.8, 4) is 5.75 Å². The lowest BCUT2D eigenvalue weighted by molar-refractivity contribution is -0.123. The van der Waals surface area contributed by atoms with Crippen LogP contribution in [0.4, 0.5) is 5.69 Å². The molecule has 1 aromatic heterocycles. The number of carbonyl (C=O) groups is 2. The molecule has 7 nitrogen and oxygen atoms in total. The Balaban J connectivity index is 2.09. The fourth-order valence-corrected chi connectivity index (χ4v) is 2.28. The van der Waals surface area contributed by atoms with Crippen molar-refractivity contribution in [1.29, 1.82) is 0 Å². The van der Waals surface area contributed by atoms with E-state index in [1.165, 1.54) is 14.0 Å². The smallest absolute Gasteiger partial charge is 0.344 e. The van der Waals surface area contributed by atoms with Crippen LogP contribution in [-0.4, -0.2) is 30.2 Å². The third-order valence-corrected chi connectivity index (χ3v) is 3.64. The van der Waals surface area contributed by atoms with Gasteiger partial charge in [0.05, 0.1) is 18.5 Å². The molecule has 2 rings (SSSR count). The van der Waals surface area contributed by atoms with Gasteiger partial charge < -0.3 is 19.3 Å². The number of hydrogen-bond acceptors (Lipinski definition) is 6. The quantitative estimate of drug-likeness (QED) is 0.807. The molecule has 0 radical (unpaired) electrons. The van der Waals surface area contributed by atoms with Gasteiger partial charge in [0.25, 0.3) is 5.91 Å². The lowest BCUT2D eigenvalue weighted by atomic mass is 10.1. The van der Waals surface area contributed by atoms with Crippen LogP contribution >= 0.6 is 0 Å². The maximum atomic E-state index is 12.4. The molecule has 0 spiro atoms. The summed E-state index contributed by atoms with van der Waals surface area (Å²) < 4.78 is 15.6. The first-order valence-corrected chi connectivity index (χ1v) is 7.96. The lowest BCUT2D eigenvalue weighted by Crippen LogP contribution is -2.30. The highest BCUT2D eigenvalue weighted by Crippen LogP contribution is 2.25. The maximum Gasteiger partial charge on any atom is 0.344 e. The Bertz CT molecular complexity index is 767. The van der Waals surface area contributed by atoms with E-state index in [1.54, 1.807) is 31.2 Å². The molecule has 7 heteroatoms. The van der Waals surface area contributed by atoms with Crippen LogP contribution in [0, 0.1) is 6.92 Å². The molecule has 0 saturated carbocycles. The molecular formula is C18H22N2O5. The lowest BCUT2D eigenvalue weighted by Gasteiger charge is -2.15. The molecule has 1 aromatic carbocycles. The van der Waals surface area contributed by atoms with Crippen LogP contribution in [0.5, 0.6) is 5.75 Å². The zero-order chi connectivity index (χ0) is 18.6. The van der Waals surface area contributed by atoms with Crippen LogP contribution in [0.1, 0.15) is 48.5 Å². The largest absolute Gasteiger partial charge is 0.495 e. The van der Waals surface area contributed by atoms with Gasteiger partial charge in [-0.15, -0.1) is 0 Å². The van der Waals surface area contributed by atoms with Gasteiger partial charge in [-0.3, -0.25) is 4.79 Å². The summed E-state index contributed by atoms with van der Waals surface area (Å²) in [6.07, 6.45) is -0.994. The molecule has 0 aliphatic carbocycles. The maximum absolute atomic E-state index is 12.4. The summed E-state index contributed by atoms with van der Waals surface area (Å²) >= 11 is 0. The summed E-state index contributed by atoms with van der Waals surface area (Å²) in [6, 6.07) is 6.98. The van der Waals surface area contributed by atoms with Crippen molar-refractivity contribution in [2.24, 2.45) is 0 Å². The molecule has 1 N–H and O–H groups in total. The highest BCUT2D eigenvalue weighted by molar-refractivity contribution is 5.98.